The first kappa shape index (κ1) is 17.2. The van der Waals surface area contributed by atoms with Gasteiger partial charge in [-0.2, -0.15) is 0 Å². The van der Waals surface area contributed by atoms with Gasteiger partial charge in [0.05, 0.1) is 19.8 Å². The fraction of sp³-hybridized carbons (Fsp3) is 0.889. The summed E-state index contributed by atoms with van der Waals surface area (Å²) >= 11 is 0. The molecule has 0 aromatic heterocycles. The summed E-state index contributed by atoms with van der Waals surface area (Å²) in [5, 5.41) is 62.6. The SMILES string of the molecule is O=C(O)[C@H](OCC(O)CO)[C@@H](O)[C@H](O)[C@H](O)CO. The van der Waals surface area contributed by atoms with Gasteiger partial charge in [0, 0.05) is 0 Å². The molecule has 0 heterocycles. The zero-order valence-electron chi connectivity index (χ0n) is 9.46. The van der Waals surface area contributed by atoms with Gasteiger partial charge in [-0.05, 0) is 0 Å². The topological polar surface area (TPSA) is 168 Å². The molecule has 9 nitrogen and oxygen atoms in total. The summed E-state index contributed by atoms with van der Waals surface area (Å²) in [5.41, 5.74) is 0. The summed E-state index contributed by atoms with van der Waals surface area (Å²) in [6.07, 6.45) is -8.91. The van der Waals surface area contributed by atoms with E-state index in [0.717, 1.165) is 0 Å². The van der Waals surface area contributed by atoms with E-state index in [1.165, 1.54) is 0 Å². The highest BCUT2D eigenvalue weighted by Crippen LogP contribution is 2.09. The van der Waals surface area contributed by atoms with E-state index in [2.05, 4.69) is 4.74 Å². The Hall–Kier alpha value is -0.810. The van der Waals surface area contributed by atoms with Crippen LogP contribution >= 0.6 is 0 Å². The Balaban J connectivity index is 4.54. The average Bonchev–Trinajstić information content (AvgIpc) is 2.35. The zero-order valence-corrected chi connectivity index (χ0v) is 9.46. The second-order valence-electron chi connectivity index (χ2n) is 3.66. The van der Waals surface area contributed by atoms with Crippen molar-refractivity contribution in [3.05, 3.63) is 0 Å². The van der Waals surface area contributed by atoms with Crippen LogP contribution in [-0.2, 0) is 9.53 Å². The van der Waals surface area contributed by atoms with Crippen LogP contribution < -0.4 is 0 Å². The van der Waals surface area contributed by atoms with Gasteiger partial charge >= 0.3 is 5.97 Å². The molecule has 0 aliphatic rings. The van der Waals surface area contributed by atoms with E-state index in [4.69, 9.17) is 25.5 Å². The lowest BCUT2D eigenvalue weighted by Crippen LogP contribution is -2.50. The first-order chi connectivity index (χ1) is 8.34. The fourth-order valence-corrected chi connectivity index (χ4v) is 1.10. The van der Waals surface area contributed by atoms with Gasteiger partial charge in [-0.15, -0.1) is 0 Å². The van der Waals surface area contributed by atoms with Crippen LogP contribution in [0.4, 0.5) is 0 Å². The van der Waals surface area contributed by atoms with Crippen LogP contribution in [0.5, 0.6) is 0 Å². The highest BCUT2D eigenvalue weighted by molar-refractivity contribution is 5.73. The number of carbonyl (C=O) groups is 1. The number of rotatable bonds is 9. The highest BCUT2D eigenvalue weighted by atomic mass is 16.5. The molecule has 0 aromatic carbocycles. The fourth-order valence-electron chi connectivity index (χ4n) is 1.10. The van der Waals surface area contributed by atoms with Crippen molar-refractivity contribution in [3.63, 3.8) is 0 Å². The molecule has 0 aliphatic heterocycles. The Labute approximate surface area is 102 Å². The maximum atomic E-state index is 10.8. The highest BCUT2D eigenvalue weighted by Gasteiger charge is 2.36. The molecule has 9 heteroatoms. The quantitative estimate of drug-likeness (QED) is 0.220. The van der Waals surface area contributed by atoms with Gasteiger partial charge in [0.25, 0.3) is 0 Å². The van der Waals surface area contributed by atoms with Gasteiger partial charge in [0.1, 0.15) is 24.4 Å². The van der Waals surface area contributed by atoms with Crippen molar-refractivity contribution in [2.75, 3.05) is 19.8 Å². The lowest BCUT2D eigenvalue weighted by Gasteiger charge is -2.26. The third-order valence-corrected chi connectivity index (χ3v) is 2.16. The number of aliphatic hydroxyl groups is 6. The molecule has 0 spiro atoms. The van der Waals surface area contributed by atoms with Crippen LogP contribution in [0.2, 0.25) is 0 Å². The van der Waals surface area contributed by atoms with Crippen LogP contribution in [0.15, 0.2) is 0 Å². The molecule has 0 saturated carbocycles. The Kier molecular flexibility index (Phi) is 7.95. The summed E-state index contributed by atoms with van der Waals surface area (Å²) in [6.45, 7) is -2.11. The molecule has 108 valence electrons. The number of hydrogen-bond acceptors (Lipinski definition) is 8. The first-order valence-corrected chi connectivity index (χ1v) is 5.13. The predicted molar refractivity (Wildman–Crippen MR) is 55.6 cm³/mol. The van der Waals surface area contributed by atoms with E-state index in [-0.39, 0.29) is 0 Å². The third-order valence-electron chi connectivity index (χ3n) is 2.16. The van der Waals surface area contributed by atoms with E-state index in [0.29, 0.717) is 0 Å². The van der Waals surface area contributed by atoms with Crippen molar-refractivity contribution in [1.82, 2.24) is 0 Å². The predicted octanol–water partition coefficient (Wildman–Crippen LogP) is -4.12. The Morgan fingerprint density at radius 1 is 1.00 bits per heavy atom. The normalized spacial score (nSPS) is 19.9. The summed E-state index contributed by atoms with van der Waals surface area (Å²) in [7, 11) is 0. The minimum Gasteiger partial charge on any atom is -0.479 e. The van der Waals surface area contributed by atoms with Crippen molar-refractivity contribution in [1.29, 1.82) is 0 Å². The summed E-state index contributed by atoms with van der Waals surface area (Å²) in [5.74, 6) is -1.63. The monoisotopic (exact) mass is 270 g/mol. The van der Waals surface area contributed by atoms with Gasteiger partial charge in [-0.25, -0.2) is 4.79 Å². The lowest BCUT2D eigenvalue weighted by atomic mass is 10.0. The Bertz CT molecular complexity index is 246. The first-order valence-electron chi connectivity index (χ1n) is 5.13. The minimum absolute atomic E-state index is 0.577. The second kappa shape index (κ2) is 8.32. The molecule has 0 fully saturated rings. The molecule has 0 saturated heterocycles. The molecule has 0 bridgehead atoms. The van der Waals surface area contributed by atoms with Crippen molar-refractivity contribution in [2.24, 2.45) is 0 Å². The van der Waals surface area contributed by atoms with Crippen LogP contribution in [0.25, 0.3) is 0 Å². The smallest absolute Gasteiger partial charge is 0.335 e. The van der Waals surface area contributed by atoms with Crippen LogP contribution in [0, 0.1) is 0 Å². The van der Waals surface area contributed by atoms with Crippen LogP contribution in [0.3, 0.4) is 0 Å². The Morgan fingerprint density at radius 2 is 1.56 bits per heavy atom. The molecule has 5 atom stereocenters. The summed E-state index contributed by atoms with van der Waals surface area (Å²) in [6, 6.07) is 0. The maximum absolute atomic E-state index is 10.8. The van der Waals surface area contributed by atoms with Crippen molar-refractivity contribution >= 4 is 5.97 Å². The van der Waals surface area contributed by atoms with E-state index >= 15 is 0 Å². The number of aliphatic carboxylic acids is 1. The van der Waals surface area contributed by atoms with Gasteiger partial charge < -0.3 is 40.5 Å². The zero-order chi connectivity index (χ0) is 14.3. The third kappa shape index (κ3) is 5.23. The second-order valence-corrected chi connectivity index (χ2v) is 3.66. The van der Waals surface area contributed by atoms with Gasteiger partial charge in [0.2, 0.25) is 0 Å². The molecule has 0 aliphatic carbocycles. The molecular weight excluding hydrogens is 252 g/mol. The molecule has 0 amide bonds. The molecular formula is C9H18O9. The number of hydrogen-bond donors (Lipinski definition) is 7. The molecule has 7 N–H and O–H groups in total. The lowest BCUT2D eigenvalue weighted by molar-refractivity contribution is -0.176. The van der Waals surface area contributed by atoms with E-state index in [9.17, 15) is 15.0 Å². The molecule has 0 aromatic rings. The van der Waals surface area contributed by atoms with E-state index in [1.807, 2.05) is 0 Å². The van der Waals surface area contributed by atoms with Crippen molar-refractivity contribution in [2.45, 2.75) is 30.5 Å². The molecule has 0 radical (unpaired) electrons. The summed E-state index contributed by atoms with van der Waals surface area (Å²) < 4.78 is 4.62. The number of aliphatic hydroxyl groups excluding tert-OH is 6. The van der Waals surface area contributed by atoms with Crippen molar-refractivity contribution in [3.8, 4) is 0 Å². The minimum atomic E-state index is -2.00. The van der Waals surface area contributed by atoms with E-state index in [1.54, 1.807) is 0 Å². The van der Waals surface area contributed by atoms with Gasteiger partial charge in [-0.3, -0.25) is 0 Å². The van der Waals surface area contributed by atoms with Gasteiger partial charge in [0.15, 0.2) is 6.10 Å². The largest absolute Gasteiger partial charge is 0.479 e. The molecule has 1 unspecified atom stereocenters. The Morgan fingerprint density at radius 3 is 1.94 bits per heavy atom. The molecule has 18 heavy (non-hydrogen) atoms. The molecule has 0 rings (SSSR count). The van der Waals surface area contributed by atoms with Crippen LogP contribution in [0.1, 0.15) is 0 Å². The van der Waals surface area contributed by atoms with Gasteiger partial charge in [-0.1, -0.05) is 0 Å². The standard InChI is InChI=1S/C9H18O9/c10-1-4(12)3-18-8(9(16)17)7(15)6(14)5(13)2-11/h4-8,10-15H,1-3H2,(H,16,17)/t4?,5-,6-,7+,8-/m1/s1. The maximum Gasteiger partial charge on any atom is 0.335 e. The van der Waals surface area contributed by atoms with Crippen LogP contribution in [-0.4, -0.2) is 92.1 Å². The summed E-state index contributed by atoms with van der Waals surface area (Å²) in [4.78, 5) is 10.8. The van der Waals surface area contributed by atoms with Crippen molar-refractivity contribution < 1.29 is 45.3 Å². The van der Waals surface area contributed by atoms with E-state index < -0.39 is 56.3 Å². The number of carboxylic acids is 1. The number of carboxylic acid groups (broad SMARTS) is 1. The average molecular weight is 270 g/mol. The number of ether oxygens (including phenoxy) is 1.